The van der Waals surface area contributed by atoms with Gasteiger partial charge in [0.05, 0.1) is 5.69 Å². The zero-order valence-electron chi connectivity index (χ0n) is 14.0. The molecule has 0 spiro atoms. The minimum Gasteiger partial charge on any atom is -0.479 e. The van der Waals surface area contributed by atoms with Crippen molar-refractivity contribution in [1.82, 2.24) is 15.1 Å². The lowest BCUT2D eigenvalue weighted by molar-refractivity contribution is -0.143. The molecule has 8 heteroatoms. The maximum Gasteiger partial charge on any atom is 0.330 e. The summed E-state index contributed by atoms with van der Waals surface area (Å²) in [4.78, 5) is 24.5. The SMILES string of the molecule is O=C(NC1(C(=O)O)CCSC1)c1nn(-c2ccc(F)cc2)c2c1CCC2. The third-order valence-electron chi connectivity index (χ3n) is 5.00. The molecule has 0 radical (unpaired) electrons. The largest absolute Gasteiger partial charge is 0.479 e. The quantitative estimate of drug-likeness (QED) is 0.856. The summed E-state index contributed by atoms with van der Waals surface area (Å²) in [6.07, 6.45) is 2.83. The van der Waals surface area contributed by atoms with E-state index in [1.165, 1.54) is 23.9 Å². The highest BCUT2D eigenvalue weighted by atomic mass is 32.2. The molecule has 26 heavy (non-hydrogen) atoms. The Labute approximate surface area is 153 Å². The lowest BCUT2D eigenvalue weighted by atomic mass is 9.98. The molecule has 2 N–H and O–H groups in total. The first-order valence-electron chi connectivity index (χ1n) is 8.50. The van der Waals surface area contributed by atoms with Gasteiger partial charge in [-0.1, -0.05) is 0 Å². The monoisotopic (exact) mass is 375 g/mol. The van der Waals surface area contributed by atoms with Gasteiger partial charge in [0, 0.05) is 17.0 Å². The number of thioether (sulfide) groups is 1. The van der Waals surface area contributed by atoms with E-state index in [0.717, 1.165) is 30.5 Å². The second kappa shape index (κ2) is 6.42. The fourth-order valence-electron chi connectivity index (χ4n) is 3.58. The molecule has 1 aliphatic heterocycles. The van der Waals surface area contributed by atoms with E-state index in [1.807, 2.05) is 0 Å². The van der Waals surface area contributed by atoms with Crippen LogP contribution in [0.3, 0.4) is 0 Å². The molecule has 1 unspecified atom stereocenters. The number of hydrogen-bond donors (Lipinski definition) is 2. The van der Waals surface area contributed by atoms with Crippen molar-refractivity contribution in [1.29, 1.82) is 0 Å². The van der Waals surface area contributed by atoms with Crippen LogP contribution >= 0.6 is 11.8 Å². The van der Waals surface area contributed by atoms with Crippen molar-refractivity contribution in [3.8, 4) is 5.69 Å². The van der Waals surface area contributed by atoms with Crippen molar-refractivity contribution in [2.45, 2.75) is 31.2 Å². The predicted octanol–water partition coefficient (Wildman–Crippen LogP) is 2.19. The molecule has 1 amide bonds. The number of fused-ring (bicyclic) bond motifs is 1. The Hall–Kier alpha value is -2.35. The van der Waals surface area contributed by atoms with Crippen LogP contribution in [-0.4, -0.2) is 43.8 Å². The van der Waals surface area contributed by atoms with Gasteiger partial charge < -0.3 is 10.4 Å². The standard InChI is InChI=1S/C18H18FN3O3S/c19-11-4-6-12(7-5-11)22-14-3-1-2-13(14)15(21-22)16(23)20-18(17(24)25)8-9-26-10-18/h4-7H,1-3,8-10H2,(H,20,23)(H,24,25). The number of nitrogens with zero attached hydrogens (tertiary/aromatic N) is 2. The molecule has 0 bridgehead atoms. The van der Waals surface area contributed by atoms with Gasteiger partial charge in [0.15, 0.2) is 5.69 Å². The van der Waals surface area contributed by atoms with E-state index in [9.17, 15) is 19.1 Å². The lowest BCUT2D eigenvalue weighted by Gasteiger charge is -2.24. The minimum absolute atomic E-state index is 0.277. The molecule has 136 valence electrons. The van der Waals surface area contributed by atoms with E-state index in [2.05, 4.69) is 10.4 Å². The fraction of sp³-hybridized carbons (Fsp3) is 0.389. The Balaban J connectivity index is 1.69. The first kappa shape index (κ1) is 17.1. The van der Waals surface area contributed by atoms with E-state index >= 15 is 0 Å². The van der Waals surface area contributed by atoms with E-state index < -0.39 is 17.4 Å². The summed E-state index contributed by atoms with van der Waals surface area (Å²) in [6.45, 7) is 0. The molecule has 1 aromatic carbocycles. The number of benzene rings is 1. The number of carbonyl (C=O) groups is 2. The molecule has 2 heterocycles. The summed E-state index contributed by atoms with van der Waals surface area (Å²) < 4.78 is 14.9. The summed E-state index contributed by atoms with van der Waals surface area (Å²) in [5.74, 6) is -0.735. The van der Waals surface area contributed by atoms with Gasteiger partial charge in [-0.3, -0.25) is 4.79 Å². The minimum atomic E-state index is -1.23. The molecule has 4 rings (SSSR count). The van der Waals surface area contributed by atoms with E-state index in [-0.39, 0.29) is 11.5 Å². The third kappa shape index (κ3) is 2.78. The van der Waals surface area contributed by atoms with Crippen molar-refractivity contribution in [3.63, 3.8) is 0 Å². The number of rotatable bonds is 4. The maximum atomic E-state index is 13.2. The number of carboxylic acids is 1. The smallest absolute Gasteiger partial charge is 0.330 e. The summed E-state index contributed by atoms with van der Waals surface area (Å²) in [7, 11) is 0. The first-order valence-corrected chi connectivity index (χ1v) is 9.66. The highest BCUT2D eigenvalue weighted by molar-refractivity contribution is 7.99. The number of halogens is 1. The van der Waals surface area contributed by atoms with Crippen LogP contribution < -0.4 is 5.32 Å². The van der Waals surface area contributed by atoms with Crippen LogP contribution in [0.1, 0.15) is 34.6 Å². The lowest BCUT2D eigenvalue weighted by Crippen LogP contribution is -2.55. The van der Waals surface area contributed by atoms with Crippen LogP contribution in [0.25, 0.3) is 5.69 Å². The van der Waals surface area contributed by atoms with Gasteiger partial charge in [-0.2, -0.15) is 16.9 Å². The summed E-state index contributed by atoms with van der Waals surface area (Å²) >= 11 is 1.52. The molecule has 1 aromatic heterocycles. The van der Waals surface area contributed by atoms with Gasteiger partial charge in [-0.15, -0.1) is 0 Å². The molecule has 1 fully saturated rings. The third-order valence-corrected chi connectivity index (χ3v) is 6.19. The Morgan fingerprint density at radius 2 is 2.04 bits per heavy atom. The predicted molar refractivity (Wildman–Crippen MR) is 95.3 cm³/mol. The average molecular weight is 375 g/mol. The van der Waals surface area contributed by atoms with Crippen LogP contribution in [0.4, 0.5) is 4.39 Å². The molecule has 1 saturated heterocycles. The highest BCUT2D eigenvalue weighted by Crippen LogP contribution is 2.31. The fourth-order valence-corrected chi connectivity index (χ4v) is 4.90. The van der Waals surface area contributed by atoms with Crippen molar-refractivity contribution in [2.24, 2.45) is 0 Å². The van der Waals surface area contributed by atoms with E-state index in [0.29, 0.717) is 23.6 Å². The number of carbonyl (C=O) groups excluding carboxylic acids is 1. The Kier molecular flexibility index (Phi) is 4.22. The van der Waals surface area contributed by atoms with Crippen molar-refractivity contribution in [3.05, 3.63) is 47.0 Å². The van der Waals surface area contributed by atoms with Crippen LogP contribution in [0, 0.1) is 5.82 Å². The van der Waals surface area contributed by atoms with Gasteiger partial charge >= 0.3 is 5.97 Å². The Bertz CT molecular complexity index is 873. The van der Waals surface area contributed by atoms with Gasteiger partial charge in [0.2, 0.25) is 0 Å². The topological polar surface area (TPSA) is 84.2 Å². The van der Waals surface area contributed by atoms with E-state index in [1.54, 1.807) is 16.8 Å². The number of hydrogen-bond acceptors (Lipinski definition) is 4. The van der Waals surface area contributed by atoms with Crippen LogP contribution in [-0.2, 0) is 17.6 Å². The molecule has 2 aliphatic rings. The summed E-state index contributed by atoms with van der Waals surface area (Å²) in [6, 6.07) is 5.95. The van der Waals surface area contributed by atoms with Gasteiger partial charge in [0.1, 0.15) is 11.4 Å². The number of aromatic nitrogens is 2. The summed E-state index contributed by atoms with van der Waals surface area (Å²) in [5, 5.41) is 16.7. The van der Waals surface area contributed by atoms with Crippen LogP contribution in [0.2, 0.25) is 0 Å². The Morgan fingerprint density at radius 1 is 1.27 bits per heavy atom. The average Bonchev–Trinajstić information content (AvgIpc) is 3.31. The molecule has 2 aromatic rings. The van der Waals surface area contributed by atoms with Crippen molar-refractivity contribution >= 4 is 23.6 Å². The first-order chi connectivity index (χ1) is 12.5. The number of aliphatic carboxylic acids is 1. The number of carboxylic acid groups (broad SMARTS) is 1. The highest BCUT2D eigenvalue weighted by Gasteiger charge is 2.44. The van der Waals surface area contributed by atoms with Gasteiger partial charge in [-0.05, 0) is 55.7 Å². The van der Waals surface area contributed by atoms with Gasteiger partial charge in [0.25, 0.3) is 5.91 Å². The molecule has 6 nitrogen and oxygen atoms in total. The zero-order chi connectivity index (χ0) is 18.3. The van der Waals surface area contributed by atoms with Gasteiger partial charge in [-0.25, -0.2) is 13.9 Å². The van der Waals surface area contributed by atoms with Crippen LogP contribution in [0.15, 0.2) is 24.3 Å². The zero-order valence-corrected chi connectivity index (χ0v) is 14.8. The van der Waals surface area contributed by atoms with Crippen molar-refractivity contribution < 1.29 is 19.1 Å². The van der Waals surface area contributed by atoms with Crippen molar-refractivity contribution in [2.75, 3.05) is 11.5 Å². The molecular formula is C18H18FN3O3S. The summed E-state index contributed by atoms with van der Waals surface area (Å²) in [5.41, 5.74) is 1.53. The molecular weight excluding hydrogens is 357 g/mol. The molecule has 0 saturated carbocycles. The van der Waals surface area contributed by atoms with Crippen LogP contribution in [0.5, 0.6) is 0 Å². The second-order valence-electron chi connectivity index (χ2n) is 6.66. The Morgan fingerprint density at radius 3 is 2.69 bits per heavy atom. The van der Waals surface area contributed by atoms with E-state index in [4.69, 9.17) is 0 Å². The number of amides is 1. The maximum absolute atomic E-state index is 13.2. The number of nitrogens with one attached hydrogen (secondary N) is 1. The molecule has 1 aliphatic carbocycles. The second-order valence-corrected chi connectivity index (χ2v) is 7.76. The normalized spacial score (nSPS) is 21.6. The molecule has 1 atom stereocenters.